The molecule has 4 rings (SSSR count). The maximum absolute atomic E-state index is 12.7. The number of benzene rings is 1. The van der Waals surface area contributed by atoms with Crippen molar-refractivity contribution in [3.63, 3.8) is 0 Å². The van der Waals surface area contributed by atoms with Crippen LogP contribution in [-0.2, 0) is 12.6 Å². The van der Waals surface area contributed by atoms with Crippen molar-refractivity contribution in [1.29, 1.82) is 0 Å². The Hall–Kier alpha value is -3.62. The second-order valence-electron chi connectivity index (χ2n) is 7.83. The Morgan fingerprint density at radius 1 is 1.00 bits per heavy atom. The van der Waals surface area contributed by atoms with Gasteiger partial charge in [0.05, 0.1) is 5.56 Å². The van der Waals surface area contributed by atoms with Crippen LogP contribution in [0.1, 0.15) is 22.4 Å². The Balaban J connectivity index is 1.29. The summed E-state index contributed by atoms with van der Waals surface area (Å²) in [6, 6.07) is 13.6. The highest BCUT2D eigenvalue weighted by atomic mass is 19.4. The number of rotatable bonds is 4. The smallest absolute Gasteiger partial charge is 0.410 e. The molecular formula is C24H23F3N4O2. The molecule has 3 heterocycles. The molecule has 172 valence electrons. The van der Waals surface area contributed by atoms with Gasteiger partial charge in [-0.3, -0.25) is 4.98 Å². The summed E-state index contributed by atoms with van der Waals surface area (Å²) in [5.41, 5.74) is 2.41. The average molecular weight is 456 g/mol. The summed E-state index contributed by atoms with van der Waals surface area (Å²) in [6.45, 7) is 3.70. The maximum Gasteiger partial charge on any atom is 0.417 e. The first-order valence-electron chi connectivity index (χ1n) is 10.5. The Morgan fingerprint density at radius 3 is 2.33 bits per heavy atom. The minimum atomic E-state index is -4.41. The summed E-state index contributed by atoms with van der Waals surface area (Å²) < 4.78 is 43.6. The molecule has 0 spiro atoms. The van der Waals surface area contributed by atoms with Crippen molar-refractivity contribution in [2.24, 2.45) is 0 Å². The number of carbonyl (C=O) groups excluding carboxylic acids is 1. The number of hydrogen-bond donors (Lipinski definition) is 0. The second-order valence-corrected chi connectivity index (χ2v) is 7.83. The standard InChI is InChI=1S/C24H23F3N4O2/c1-17-3-2-10-28-21(17)15-18-4-7-20(8-5-18)33-23(32)31-13-11-30(12-14-31)22-9-6-19(16-29-22)24(25,26)27/h2-10,16H,11-15H2,1H3. The van der Waals surface area contributed by atoms with Crippen LogP contribution in [0.2, 0.25) is 0 Å². The molecule has 0 N–H and O–H groups in total. The lowest BCUT2D eigenvalue weighted by atomic mass is 10.1. The van der Waals surface area contributed by atoms with Gasteiger partial charge in [-0.05, 0) is 48.4 Å². The number of pyridine rings is 2. The van der Waals surface area contributed by atoms with E-state index in [0.717, 1.165) is 29.1 Å². The summed E-state index contributed by atoms with van der Waals surface area (Å²) in [6.07, 6.45) is -1.58. The van der Waals surface area contributed by atoms with Crippen LogP contribution in [0.3, 0.4) is 0 Å². The van der Waals surface area contributed by atoms with Crippen LogP contribution in [-0.4, -0.2) is 47.1 Å². The molecular weight excluding hydrogens is 433 g/mol. The van der Waals surface area contributed by atoms with Gasteiger partial charge in [-0.2, -0.15) is 13.2 Å². The Morgan fingerprint density at radius 2 is 1.73 bits per heavy atom. The fourth-order valence-electron chi connectivity index (χ4n) is 3.60. The molecule has 0 unspecified atom stereocenters. The molecule has 1 aliphatic rings. The van der Waals surface area contributed by atoms with Gasteiger partial charge in [0.25, 0.3) is 0 Å². The van der Waals surface area contributed by atoms with Crippen LogP contribution in [0, 0.1) is 6.92 Å². The van der Waals surface area contributed by atoms with Crippen molar-refractivity contribution in [3.8, 4) is 5.75 Å². The fraction of sp³-hybridized carbons (Fsp3) is 0.292. The molecule has 1 aromatic carbocycles. The van der Waals surface area contributed by atoms with E-state index < -0.39 is 17.8 Å². The highest BCUT2D eigenvalue weighted by Gasteiger charge is 2.31. The monoisotopic (exact) mass is 456 g/mol. The molecule has 0 aliphatic carbocycles. The van der Waals surface area contributed by atoms with Crippen molar-refractivity contribution < 1.29 is 22.7 Å². The van der Waals surface area contributed by atoms with Gasteiger partial charge in [-0.1, -0.05) is 18.2 Å². The number of ether oxygens (including phenoxy) is 1. The van der Waals surface area contributed by atoms with E-state index in [4.69, 9.17) is 4.74 Å². The van der Waals surface area contributed by atoms with Gasteiger partial charge in [0.1, 0.15) is 11.6 Å². The van der Waals surface area contributed by atoms with Crippen LogP contribution in [0.4, 0.5) is 23.8 Å². The molecule has 0 saturated carbocycles. The van der Waals surface area contributed by atoms with E-state index in [1.54, 1.807) is 23.2 Å². The SMILES string of the molecule is Cc1cccnc1Cc1ccc(OC(=O)N2CCN(c3ccc(C(F)(F)F)cn3)CC2)cc1. The topological polar surface area (TPSA) is 58.6 Å². The van der Waals surface area contributed by atoms with Crippen LogP contribution >= 0.6 is 0 Å². The molecule has 3 aromatic rings. The second kappa shape index (κ2) is 9.48. The molecule has 0 bridgehead atoms. The van der Waals surface area contributed by atoms with Crippen LogP contribution < -0.4 is 9.64 Å². The van der Waals surface area contributed by atoms with E-state index in [9.17, 15) is 18.0 Å². The minimum Gasteiger partial charge on any atom is -0.410 e. The summed E-state index contributed by atoms with van der Waals surface area (Å²) in [7, 11) is 0. The molecule has 33 heavy (non-hydrogen) atoms. The lowest BCUT2D eigenvalue weighted by molar-refractivity contribution is -0.137. The Kier molecular flexibility index (Phi) is 6.48. The number of carbonyl (C=O) groups is 1. The first-order valence-corrected chi connectivity index (χ1v) is 10.5. The molecule has 1 fully saturated rings. The Labute approximate surface area is 189 Å². The number of nitrogens with zero attached hydrogens (tertiary/aromatic N) is 4. The van der Waals surface area contributed by atoms with E-state index >= 15 is 0 Å². The van der Waals surface area contributed by atoms with E-state index in [1.165, 1.54) is 6.07 Å². The van der Waals surface area contributed by atoms with Gasteiger partial charge in [0.2, 0.25) is 0 Å². The number of aromatic nitrogens is 2. The van der Waals surface area contributed by atoms with E-state index in [-0.39, 0.29) is 0 Å². The summed E-state index contributed by atoms with van der Waals surface area (Å²) in [4.78, 5) is 24.3. The van der Waals surface area contributed by atoms with Gasteiger partial charge in [-0.15, -0.1) is 0 Å². The fourth-order valence-corrected chi connectivity index (χ4v) is 3.60. The predicted molar refractivity (Wildman–Crippen MR) is 117 cm³/mol. The highest BCUT2D eigenvalue weighted by Crippen LogP contribution is 2.29. The molecule has 1 amide bonds. The highest BCUT2D eigenvalue weighted by molar-refractivity contribution is 5.71. The number of halogens is 3. The van der Waals surface area contributed by atoms with Gasteiger partial charge >= 0.3 is 12.3 Å². The summed E-state index contributed by atoms with van der Waals surface area (Å²) in [5, 5.41) is 0. The van der Waals surface area contributed by atoms with E-state index in [0.29, 0.717) is 44.2 Å². The van der Waals surface area contributed by atoms with Gasteiger partial charge < -0.3 is 14.5 Å². The van der Waals surface area contributed by atoms with Crippen LogP contribution in [0.15, 0.2) is 60.9 Å². The Bertz CT molecular complexity index is 1090. The zero-order valence-corrected chi connectivity index (χ0v) is 18.0. The molecule has 0 radical (unpaired) electrons. The largest absolute Gasteiger partial charge is 0.417 e. The number of alkyl halides is 3. The van der Waals surface area contributed by atoms with Crippen LogP contribution in [0.5, 0.6) is 5.75 Å². The number of amides is 1. The summed E-state index contributed by atoms with van der Waals surface area (Å²) >= 11 is 0. The van der Waals surface area contributed by atoms with E-state index in [2.05, 4.69) is 9.97 Å². The molecule has 9 heteroatoms. The van der Waals surface area contributed by atoms with Gasteiger partial charge in [0.15, 0.2) is 0 Å². The van der Waals surface area contributed by atoms with Crippen molar-refractivity contribution in [2.75, 3.05) is 31.1 Å². The molecule has 6 nitrogen and oxygen atoms in total. The zero-order chi connectivity index (χ0) is 23.4. The zero-order valence-electron chi connectivity index (χ0n) is 18.0. The van der Waals surface area contributed by atoms with Crippen molar-refractivity contribution in [2.45, 2.75) is 19.5 Å². The third kappa shape index (κ3) is 5.60. The van der Waals surface area contributed by atoms with Gasteiger partial charge in [-0.25, -0.2) is 9.78 Å². The predicted octanol–water partition coefficient (Wildman–Crippen LogP) is 4.72. The third-order valence-electron chi connectivity index (χ3n) is 5.55. The van der Waals surface area contributed by atoms with Crippen molar-refractivity contribution in [3.05, 3.63) is 83.3 Å². The molecule has 2 aromatic heterocycles. The van der Waals surface area contributed by atoms with Crippen molar-refractivity contribution >= 4 is 11.9 Å². The maximum atomic E-state index is 12.7. The van der Waals surface area contributed by atoms with Crippen LogP contribution in [0.25, 0.3) is 0 Å². The molecule has 0 atom stereocenters. The third-order valence-corrected chi connectivity index (χ3v) is 5.55. The first-order chi connectivity index (χ1) is 15.8. The molecule has 1 aliphatic heterocycles. The first kappa shape index (κ1) is 22.6. The molecule has 1 saturated heterocycles. The normalized spacial score (nSPS) is 14.3. The number of aryl methyl sites for hydroxylation is 1. The van der Waals surface area contributed by atoms with E-state index in [1.807, 2.05) is 36.1 Å². The lowest BCUT2D eigenvalue weighted by Crippen LogP contribution is -2.49. The minimum absolute atomic E-state index is 0.387. The average Bonchev–Trinajstić information content (AvgIpc) is 2.81. The number of piperazine rings is 1. The lowest BCUT2D eigenvalue weighted by Gasteiger charge is -2.34. The number of anilines is 1. The summed E-state index contributed by atoms with van der Waals surface area (Å²) in [5.74, 6) is 0.906. The van der Waals surface area contributed by atoms with Crippen molar-refractivity contribution in [1.82, 2.24) is 14.9 Å². The number of hydrogen-bond acceptors (Lipinski definition) is 5. The quantitative estimate of drug-likeness (QED) is 0.569. The van der Waals surface area contributed by atoms with Gasteiger partial charge in [0, 0.05) is 50.7 Å².